The van der Waals surface area contributed by atoms with Gasteiger partial charge in [-0.3, -0.25) is 4.90 Å². The fourth-order valence-corrected chi connectivity index (χ4v) is 3.97. The van der Waals surface area contributed by atoms with Crippen LogP contribution in [0.15, 0.2) is 60.7 Å². The van der Waals surface area contributed by atoms with E-state index in [0.717, 1.165) is 57.0 Å². The smallest absolute Gasteiger partial charge is 0.121 e. The van der Waals surface area contributed by atoms with Gasteiger partial charge in [0.25, 0.3) is 0 Å². The summed E-state index contributed by atoms with van der Waals surface area (Å²) in [5.41, 5.74) is 0.715. The van der Waals surface area contributed by atoms with Crippen LogP contribution in [0.4, 0.5) is 0 Å². The van der Waals surface area contributed by atoms with E-state index in [-0.39, 0.29) is 18.3 Å². The summed E-state index contributed by atoms with van der Waals surface area (Å²) in [5.74, 6) is 0.521. The largest absolute Gasteiger partial charge is 0.381 e. The van der Waals surface area contributed by atoms with Gasteiger partial charge in [-0.2, -0.15) is 0 Å². The van der Waals surface area contributed by atoms with Gasteiger partial charge in [0, 0.05) is 32.2 Å². The maximum Gasteiger partial charge on any atom is 0.121 e. The Labute approximate surface area is 187 Å². The van der Waals surface area contributed by atoms with Crippen LogP contribution in [0.5, 0.6) is 0 Å². The summed E-state index contributed by atoms with van der Waals surface area (Å²) in [7, 11) is 0. The Morgan fingerprint density at radius 1 is 0.967 bits per heavy atom. The van der Waals surface area contributed by atoms with Crippen molar-refractivity contribution in [1.82, 2.24) is 4.90 Å². The van der Waals surface area contributed by atoms with Crippen LogP contribution in [0.3, 0.4) is 0 Å². The van der Waals surface area contributed by atoms with Crippen molar-refractivity contribution in [2.75, 3.05) is 46.1 Å². The van der Waals surface area contributed by atoms with E-state index in [1.807, 2.05) is 60.7 Å². The van der Waals surface area contributed by atoms with E-state index in [1.165, 1.54) is 0 Å². The molecule has 30 heavy (non-hydrogen) atoms. The molecule has 1 atom stereocenters. The number of morpholine rings is 1. The van der Waals surface area contributed by atoms with Gasteiger partial charge < -0.3 is 14.6 Å². The molecule has 0 radical (unpaired) electrons. The molecule has 0 bridgehead atoms. The minimum Gasteiger partial charge on any atom is -0.381 e. The maximum atomic E-state index is 12.2. The lowest BCUT2D eigenvalue weighted by molar-refractivity contribution is -0.0573. The van der Waals surface area contributed by atoms with E-state index < -0.39 is 5.60 Å². The summed E-state index contributed by atoms with van der Waals surface area (Å²) in [6, 6.07) is 20.0. The molecule has 1 fully saturated rings. The standard InChI is InChI=1S/C25H35NO3.ClH/c1-21(2)13-16-29-20-24(19-26-14-17-28-18-15-26)25(27,22-9-5-3-6-10-22)23-11-7-4-8-12-23;/h3-12,21,24,27H,13-20H2,1-2H3;1H. The zero-order valence-electron chi connectivity index (χ0n) is 18.2. The van der Waals surface area contributed by atoms with E-state index >= 15 is 0 Å². The Morgan fingerprint density at radius 2 is 1.50 bits per heavy atom. The summed E-state index contributed by atoms with van der Waals surface area (Å²) in [6.45, 7) is 9.70. The van der Waals surface area contributed by atoms with Gasteiger partial charge in [-0.1, -0.05) is 74.5 Å². The third kappa shape index (κ3) is 6.53. The molecule has 0 saturated carbocycles. The molecule has 1 aliphatic heterocycles. The van der Waals surface area contributed by atoms with Crippen molar-refractivity contribution in [3.8, 4) is 0 Å². The zero-order chi connectivity index (χ0) is 20.5. The molecule has 5 heteroatoms. The highest BCUT2D eigenvalue weighted by atomic mass is 35.5. The monoisotopic (exact) mass is 433 g/mol. The Kier molecular flexibility index (Phi) is 10.3. The first-order valence-electron chi connectivity index (χ1n) is 10.8. The lowest BCUT2D eigenvalue weighted by atomic mass is 9.76. The van der Waals surface area contributed by atoms with E-state index in [1.54, 1.807) is 0 Å². The maximum absolute atomic E-state index is 12.2. The molecule has 1 heterocycles. The van der Waals surface area contributed by atoms with E-state index in [0.29, 0.717) is 12.5 Å². The summed E-state index contributed by atoms with van der Waals surface area (Å²) >= 11 is 0. The van der Waals surface area contributed by atoms with Gasteiger partial charge in [0.05, 0.1) is 19.8 Å². The van der Waals surface area contributed by atoms with Crippen molar-refractivity contribution in [2.24, 2.45) is 11.8 Å². The van der Waals surface area contributed by atoms with Crippen LogP contribution >= 0.6 is 12.4 Å². The number of hydrogen-bond acceptors (Lipinski definition) is 4. The first-order chi connectivity index (χ1) is 14.1. The predicted octanol–water partition coefficient (Wildman–Crippen LogP) is 4.36. The second-order valence-electron chi connectivity index (χ2n) is 8.37. The molecule has 0 aromatic heterocycles. The van der Waals surface area contributed by atoms with Gasteiger partial charge >= 0.3 is 0 Å². The van der Waals surface area contributed by atoms with Crippen LogP contribution < -0.4 is 0 Å². The quantitative estimate of drug-likeness (QED) is 0.565. The molecular formula is C25H36ClNO3. The Balaban J connectivity index is 0.00000320. The Bertz CT molecular complexity index is 665. The second kappa shape index (κ2) is 12.4. The Hall–Kier alpha value is -1.43. The molecule has 0 aliphatic carbocycles. The van der Waals surface area contributed by atoms with E-state index in [4.69, 9.17) is 9.47 Å². The lowest BCUT2D eigenvalue weighted by Gasteiger charge is -2.40. The number of rotatable bonds is 10. The second-order valence-corrected chi connectivity index (χ2v) is 8.37. The van der Waals surface area contributed by atoms with Gasteiger partial charge in [-0.15, -0.1) is 12.4 Å². The van der Waals surface area contributed by atoms with Crippen LogP contribution in [0, 0.1) is 11.8 Å². The van der Waals surface area contributed by atoms with Crippen LogP contribution in [-0.4, -0.2) is 56.1 Å². The predicted molar refractivity (Wildman–Crippen MR) is 124 cm³/mol. The molecule has 1 unspecified atom stereocenters. The highest BCUT2D eigenvalue weighted by molar-refractivity contribution is 5.85. The van der Waals surface area contributed by atoms with Crippen molar-refractivity contribution in [1.29, 1.82) is 0 Å². The van der Waals surface area contributed by atoms with E-state index in [2.05, 4.69) is 18.7 Å². The summed E-state index contributed by atoms with van der Waals surface area (Å²) in [4.78, 5) is 2.39. The molecule has 3 rings (SSSR count). The Morgan fingerprint density at radius 3 is 2.00 bits per heavy atom. The highest BCUT2D eigenvalue weighted by Crippen LogP contribution is 2.38. The fraction of sp³-hybridized carbons (Fsp3) is 0.520. The minimum atomic E-state index is -1.11. The molecule has 1 saturated heterocycles. The average Bonchev–Trinajstić information content (AvgIpc) is 2.77. The van der Waals surface area contributed by atoms with Gasteiger partial charge in [-0.05, 0) is 23.5 Å². The van der Waals surface area contributed by atoms with Crippen LogP contribution in [0.2, 0.25) is 0 Å². The molecule has 166 valence electrons. The van der Waals surface area contributed by atoms with Crippen molar-refractivity contribution < 1.29 is 14.6 Å². The normalized spacial score (nSPS) is 16.3. The van der Waals surface area contributed by atoms with Crippen molar-refractivity contribution in [2.45, 2.75) is 25.9 Å². The van der Waals surface area contributed by atoms with Crippen molar-refractivity contribution in [3.05, 3.63) is 71.8 Å². The summed E-state index contributed by atoms with van der Waals surface area (Å²) in [5, 5.41) is 12.2. The van der Waals surface area contributed by atoms with Gasteiger partial charge in [0.1, 0.15) is 5.60 Å². The van der Waals surface area contributed by atoms with Gasteiger partial charge in [0.2, 0.25) is 0 Å². The highest BCUT2D eigenvalue weighted by Gasteiger charge is 2.41. The minimum absolute atomic E-state index is 0. The summed E-state index contributed by atoms with van der Waals surface area (Å²) < 4.78 is 11.6. The first-order valence-corrected chi connectivity index (χ1v) is 10.8. The third-order valence-corrected chi connectivity index (χ3v) is 5.76. The third-order valence-electron chi connectivity index (χ3n) is 5.76. The van der Waals surface area contributed by atoms with Gasteiger partial charge in [-0.25, -0.2) is 0 Å². The molecule has 1 aliphatic rings. The number of halogens is 1. The fourth-order valence-electron chi connectivity index (χ4n) is 3.97. The molecule has 0 spiro atoms. The number of nitrogens with zero attached hydrogens (tertiary/aromatic N) is 1. The summed E-state index contributed by atoms with van der Waals surface area (Å²) in [6.07, 6.45) is 1.03. The van der Waals surface area contributed by atoms with Crippen molar-refractivity contribution in [3.63, 3.8) is 0 Å². The molecule has 2 aromatic carbocycles. The number of ether oxygens (including phenoxy) is 2. The molecular weight excluding hydrogens is 398 g/mol. The topological polar surface area (TPSA) is 41.9 Å². The molecule has 0 amide bonds. The molecule has 2 aromatic rings. The molecule has 1 N–H and O–H groups in total. The average molecular weight is 434 g/mol. The van der Waals surface area contributed by atoms with E-state index in [9.17, 15) is 5.11 Å². The SMILES string of the molecule is CC(C)CCOCC(CN1CCOCC1)C(O)(c1ccccc1)c1ccccc1.Cl. The van der Waals surface area contributed by atoms with Gasteiger partial charge in [0.15, 0.2) is 0 Å². The zero-order valence-corrected chi connectivity index (χ0v) is 19.0. The first kappa shape index (κ1) is 24.8. The van der Waals surface area contributed by atoms with Crippen LogP contribution in [0.1, 0.15) is 31.4 Å². The number of benzene rings is 2. The van der Waals surface area contributed by atoms with Crippen molar-refractivity contribution >= 4 is 12.4 Å². The lowest BCUT2D eigenvalue weighted by Crippen LogP contribution is -2.48. The van der Waals surface area contributed by atoms with Crippen LogP contribution in [0.25, 0.3) is 0 Å². The van der Waals surface area contributed by atoms with Crippen LogP contribution in [-0.2, 0) is 15.1 Å². The number of aliphatic hydroxyl groups is 1. The number of hydrogen-bond donors (Lipinski definition) is 1. The molecule has 4 nitrogen and oxygen atoms in total.